The van der Waals surface area contributed by atoms with Crippen LogP contribution in [0.1, 0.15) is 5.56 Å². The van der Waals surface area contributed by atoms with Crippen LogP contribution in [0.4, 0.5) is 0 Å². The summed E-state index contributed by atoms with van der Waals surface area (Å²) in [7, 11) is -1.96. The standard InChI is InChI=1S/C15H16ClNO2S2/c1-17(11-12-5-3-4-6-15(12)16)21(18,19)14-9-7-13(20-2)8-10-14/h3-10H,11H2,1-2H3. The lowest BCUT2D eigenvalue weighted by Crippen LogP contribution is -2.26. The largest absolute Gasteiger partial charge is 0.243 e. The Kier molecular flexibility index (Phi) is 5.32. The molecule has 21 heavy (non-hydrogen) atoms. The van der Waals surface area contributed by atoms with Crippen molar-refractivity contribution in [3.8, 4) is 0 Å². The Morgan fingerprint density at radius 1 is 1.10 bits per heavy atom. The molecule has 0 amide bonds. The van der Waals surface area contributed by atoms with Gasteiger partial charge in [0.15, 0.2) is 0 Å². The van der Waals surface area contributed by atoms with E-state index in [1.807, 2.05) is 24.5 Å². The molecule has 0 atom stereocenters. The lowest BCUT2D eigenvalue weighted by molar-refractivity contribution is 0.467. The van der Waals surface area contributed by atoms with E-state index in [0.29, 0.717) is 5.02 Å². The summed E-state index contributed by atoms with van der Waals surface area (Å²) in [6.07, 6.45) is 1.95. The first-order chi connectivity index (χ1) is 9.95. The molecular formula is C15H16ClNO2S2. The quantitative estimate of drug-likeness (QED) is 0.774. The maximum atomic E-state index is 12.5. The first-order valence-corrected chi connectivity index (χ1v) is 9.33. The predicted octanol–water partition coefficient (Wildman–Crippen LogP) is 3.88. The van der Waals surface area contributed by atoms with Crippen molar-refractivity contribution in [3.05, 3.63) is 59.1 Å². The molecule has 0 heterocycles. The molecule has 0 saturated heterocycles. The van der Waals surface area contributed by atoms with Crippen LogP contribution in [-0.4, -0.2) is 26.0 Å². The topological polar surface area (TPSA) is 37.4 Å². The number of benzene rings is 2. The van der Waals surface area contributed by atoms with Gasteiger partial charge in [0.2, 0.25) is 10.0 Å². The second-order valence-corrected chi connectivity index (χ2v) is 7.86. The highest BCUT2D eigenvalue weighted by Gasteiger charge is 2.21. The minimum absolute atomic E-state index is 0.242. The number of hydrogen-bond donors (Lipinski definition) is 0. The Bertz CT molecular complexity index is 715. The smallest absolute Gasteiger partial charge is 0.207 e. The number of thioether (sulfide) groups is 1. The third kappa shape index (κ3) is 3.80. The van der Waals surface area contributed by atoms with Crippen molar-refractivity contribution in [2.45, 2.75) is 16.3 Å². The van der Waals surface area contributed by atoms with Crippen molar-refractivity contribution in [2.75, 3.05) is 13.3 Å². The summed E-state index contributed by atoms with van der Waals surface area (Å²) in [5, 5.41) is 0.567. The van der Waals surface area contributed by atoms with Crippen LogP contribution in [0.2, 0.25) is 5.02 Å². The van der Waals surface area contributed by atoms with Gasteiger partial charge in [-0.1, -0.05) is 29.8 Å². The molecule has 0 spiro atoms. The Hall–Kier alpha value is -1.01. The van der Waals surface area contributed by atoms with Crippen LogP contribution in [0.5, 0.6) is 0 Å². The lowest BCUT2D eigenvalue weighted by Gasteiger charge is -2.18. The fraction of sp³-hybridized carbons (Fsp3) is 0.200. The van der Waals surface area contributed by atoms with E-state index in [-0.39, 0.29) is 11.4 Å². The summed E-state index contributed by atoms with van der Waals surface area (Å²) >= 11 is 7.65. The van der Waals surface area contributed by atoms with E-state index in [4.69, 9.17) is 11.6 Å². The monoisotopic (exact) mass is 341 g/mol. The molecule has 0 unspecified atom stereocenters. The van der Waals surface area contributed by atoms with Crippen LogP contribution in [0, 0.1) is 0 Å². The van der Waals surface area contributed by atoms with Gasteiger partial charge >= 0.3 is 0 Å². The van der Waals surface area contributed by atoms with Crippen LogP contribution < -0.4 is 0 Å². The van der Waals surface area contributed by atoms with Gasteiger partial charge in [-0.3, -0.25) is 0 Å². The highest BCUT2D eigenvalue weighted by molar-refractivity contribution is 7.98. The van der Waals surface area contributed by atoms with Crippen molar-refractivity contribution < 1.29 is 8.42 Å². The molecular weight excluding hydrogens is 326 g/mol. The number of nitrogens with zero attached hydrogens (tertiary/aromatic N) is 1. The summed E-state index contributed by atoms with van der Waals surface area (Å²) in [6.45, 7) is 0.242. The van der Waals surface area contributed by atoms with Crippen LogP contribution in [0.3, 0.4) is 0 Å². The fourth-order valence-electron chi connectivity index (χ4n) is 1.88. The van der Waals surface area contributed by atoms with E-state index in [2.05, 4.69) is 0 Å². The normalized spacial score (nSPS) is 11.8. The second-order valence-electron chi connectivity index (χ2n) is 4.53. The lowest BCUT2D eigenvalue weighted by atomic mass is 10.2. The van der Waals surface area contributed by atoms with Gasteiger partial charge in [0, 0.05) is 23.5 Å². The van der Waals surface area contributed by atoms with E-state index in [1.54, 1.807) is 49.1 Å². The number of hydrogen-bond acceptors (Lipinski definition) is 3. The highest BCUT2D eigenvalue weighted by Crippen LogP contribution is 2.23. The van der Waals surface area contributed by atoms with Crippen molar-refractivity contribution in [1.29, 1.82) is 0 Å². The Balaban J connectivity index is 2.24. The molecule has 0 saturated carbocycles. The molecule has 0 aromatic heterocycles. The number of halogens is 1. The minimum Gasteiger partial charge on any atom is -0.207 e. The van der Waals surface area contributed by atoms with Crippen LogP contribution in [0.15, 0.2) is 58.3 Å². The van der Waals surface area contributed by atoms with Crippen molar-refractivity contribution in [3.63, 3.8) is 0 Å². The Labute approximate surface area is 135 Å². The molecule has 112 valence electrons. The molecule has 2 aromatic rings. The van der Waals surface area contributed by atoms with E-state index < -0.39 is 10.0 Å². The SMILES string of the molecule is CSc1ccc(S(=O)(=O)N(C)Cc2ccccc2Cl)cc1. The minimum atomic E-state index is -3.51. The molecule has 0 aliphatic heterocycles. The van der Waals surface area contributed by atoms with Gasteiger partial charge in [0.1, 0.15) is 0 Å². The molecule has 0 N–H and O–H groups in total. The first kappa shape index (κ1) is 16.4. The third-order valence-electron chi connectivity index (χ3n) is 3.12. The van der Waals surface area contributed by atoms with E-state index >= 15 is 0 Å². The summed E-state index contributed by atoms with van der Waals surface area (Å²) in [5.41, 5.74) is 0.783. The van der Waals surface area contributed by atoms with E-state index in [1.165, 1.54) is 4.31 Å². The van der Waals surface area contributed by atoms with Gasteiger partial charge in [-0.25, -0.2) is 8.42 Å². The van der Waals surface area contributed by atoms with Gasteiger partial charge in [-0.15, -0.1) is 11.8 Å². The van der Waals surface area contributed by atoms with Gasteiger partial charge in [-0.05, 0) is 42.2 Å². The zero-order chi connectivity index (χ0) is 15.5. The average molecular weight is 342 g/mol. The maximum absolute atomic E-state index is 12.5. The van der Waals surface area contributed by atoms with Crippen molar-refractivity contribution in [2.24, 2.45) is 0 Å². The van der Waals surface area contributed by atoms with Crippen molar-refractivity contribution in [1.82, 2.24) is 4.31 Å². The highest BCUT2D eigenvalue weighted by atomic mass is 35.5. The summed E-state index contributed by atoms with van der Waals surface area (Å²) in [5.74, 6) is 0. The van der Waals surface area contributed by atoms with Crippen LogP contribution >= 0.6 is 23.4 Å². The molecule has 0 radical (unpaired) electrons. The summed E-state index contributed by atoms with van der Waals surface area (Å²) in [6, 6.07) is 14.1. The van der Waals surface area contributed by atoms with Crippen LogP contribution in [0.25, 0.3) is 0 Å². The molecule has 3 nitrogen and oxygen atoms in total. The molecule has 0 bridgehead atoms. The fourth-order valence-corrected chi connectivity index (χ4v) is 3.63. The zero-order valence-corrected chi connectivity index (χ0v) is 14.2. The van der Waals surface area contributed by atoms with Gasteiger partial charge in [-0.2, -0.15) is 4.31 Å². The average Bonchev–Trinajstić information content (AvgIpc) is 2.49. The molecule has 0 aliphatic carbocycles. The maximum Gasteiger partial charge on any atom is 0.243 e. The number of rotatable bonds is 5. The third-order valence-corrected chi connectivity index (χ3v) is 6.05. The molecule has 2 rings (SSSR count). The van der Waals surface area contributed by atoms with Gasteiger partial charge < -0.3 is 0 Å². The first-order valence-electron chi connectivity index (χ1n) is 6.29. The molecule has 6 heteroatoms. The van der Waals surface area contributed by atoms with Crippen LogP contribution in [-0.2, 0) is 16.6 Å². The van der Waals surface area contributed by atoms with Gasteiger partial charge in [0.25, 0.3) is 0 Å². The Morgan fingerprint density at radius 3 is 2.29 bits per heavy atom. The molecule has 0 aliphatic rings. The molecule has 0 fully saturated rings. The Morgan fingerprint density at radius 2 is 1.71 bits per heavy atom. The second kappa shape index (κ2) is 6.83. The predicted molar refractivity (Wildman–Crippen MR) is 88.3 cm³/mol. The summed E-state index contributed by atoms with van der Waals surface area (Å²) in [4.78, 5) is 1.32. The van der Waals surface area contributed by atoms with Gasteiger partial charge in [0.05, 0.1) is 4.90 Å². The van der Waals surface area contributed by atoms with E-state index in [9.17, 15) is 8.42 Å². The summed E-state index contributed by atoms with van der Waals surface area (Å²) < 4.78 is 26.4. The molecule has 2 aromatic carbocycles. The number of sulfonamides is 1. The van der Waals surface area contributed by atoms with E-state index in [0.717, 1.165) is 10.5 Å². The zero-order valence-electron chi connectivity index (χ0n) is 11.8. The van der Waals surface area contributed by atoms with Crippen molar-refractivity contribution >= 4 is 33.4 Å².